The van der Waals surface area contributed by atoms with E-state index in [0.717, 1.165) is 18.5 Å². The standard InChI is InChI=1S/C20H23ClN4O2/c1-24(2)13-10-18(15-4-6-16(21)7-5-15)23-20(26)19-9-8-17(27-19)14-25-12-3-11-22-25/h3-9,11-12,18H,10,13-14H2,1-2H3,(H,23,26). The number of hydrogen-bond acceptors (Lipinski definition) is 4. The highest BCUT2D eigenvalue weighted by atomic mass is 35.5. The number of nitrogens with one attached hydrogen (secondary N) is 1. The minimum atomic E-state index is -0.236. The zero-order valence-electron chi connectivity index (χ0n) is 15.4. The van der Waals surface area contributed by atoms with Crippen LogP contribution in [0.4, 0.5) is 0 Å². The molecule has 1 unspecified atom stereocenters. The maximum atomic E-state index is 12.7. The summed E-state index contributed by atoms with van der Waals surface area (Å²) in [6, 6.07) is 12.8. The Morgan fingerprint density at radius 1 is 1.26 bits per heavy atom. The van der Waals surface area contributed by atoms with Gasteiger partial charge in [-0.1, -0.05) is 23.7 Å². The summed E-state index contributed by atoms with van der Waals surface area (Å²) in [4.78, 5) is 14.8. The Kier molecular flexibility index (Phi) is 6.32. The van der Waals surface area contributed by atoms with Crippen molar-refractivity contribution in [2.24, 2.45) is 0 Å². The second-order valence-electron chi connectivity index (χ2n) is 6.64. The number of furan rings is 1. The first-order chi connectivity index (χ1) is 13.0. The fraction of sp³-hybridized carbons (Fsp3) is 0.300. The highest BCUT2D eigenvalue weighted by Crippen LogP contribution is 2.21. The van der Waals surface area contributed by atoms with Crippen LogP contribution in [0.2, 0.25) is 5.02 Å². The van der Waals surface area contributed by atoms with Crippen LogP contribution >= 0.6 is 11.6 Å². The Balaban J connectivity index is 1.69. The van der Waals surface area contributed by atoms with Gasteiger partial charge >= 0.3 is 0 Å². The summed E-state index contributed by atoms with van der Waals surface area (Å²) >= 11 is 5.99. The van der Waals surface area contributed by atoms with Crippen molar-refractivity contribution >= 4 is 17.5 Å². The molecule has 0 aliphatic rings. The zero-order chi connectivity index (χ0) is 19.2. The fourth-order valence-electron chi connectivity index (χ4n) is 2.77. The number of benzene rings is 1. The van der Waals surface area contributed by atoms with Crippen LogP contribution in [0.25, 0.3) is 0 Å². The Morgan fingerprint density at radius 3 is 2.70 bits per heavy atom. The third-order valence-corrected chi connectivity index (χ3v) is 4.46. The van der Waals surface area contributed by atoms with E-state index in [-0.39, 0.29) is 11.9 Å². The summed E-state index contributed by atoms with van der Waals surface area (Å²) in [5.74, 6) is 0.738. The van der Waals surface area contributed by atoms with E-state index >= 15 is 0 Å². The molecular weight excluding hydrogens is 364 g/mol. The first kappa shape index (κ1) is 19.2. The summed E-state index contributed by atoms with van der Waals surface area (Å²) in [5, 5.41) is 7.89. The molecule has 0 aliphatic heterocycles. The SMILES string of the molecule is CN(C)CCC(NC(=O)c1ccc(Cn2cccn2)o1)c1ccc(Cl)cc1. The topological polar surface area (TPSA) is 63.3 Å². The summed E-state index contributed by atoms with van der Waals surface area (Å²) in [7, 11) is 4.02. The van der Waals surface area contributed by atoms with E-state index in [1.54, 1.807) is 23.0 Å². The Morgan fingerprint density at radius 2 is 2.04 bits per heavy atom. The lowest BCUT2D eigenvalue weighted by Crippen LogP contribution is -2.30. The third kappa shape index (κ3) is 5.45. The van der Waals surface area contributed by atoms with Gasteiger partial charge in [-0.15, -0.1) is 0 Å². The van der Waals surface area contributed by atoms with Crippen molar-refractivity contribution < 1.29 is 9.21 Å². The van der Waals surface area contributed by atoms with Crippen LogP contribution in [0.3, 0.4) is 0 Å². The molecule has 6 nitrogen and oxygen atoms in total. The summed E-state index contributed by atoms with van der Waals surface area (Å²) in [5.41, 5.74) is 1.01. The Hall–Kier alpha value is -2.57. The van der Waals surface area contributed by atoms with E-state index < -0.39 is 0 Å². The second kappa shape index (κ2) is 8.88. The van der Waals surface area contributed by atoms with Crippen LogP contribution < -0.4 is 5.32 Å². The molecule has 1 atom stereocenters. The molecule has 0 fully saturated rings. The van der Waals surface area contributed by atoms with Gasteiger partial charge in [-0.3, -0.25) is 9.48 Å². The van der Waals surface area contributed by atoms with Gasteiger partial charge in [-0.25, -0.2) is 0 Å². The van der Waals surface area contributed by atoms with E-state index in [1.807, 2.05) is 50.6 Å². The van der Waals surface area contributed by atoms with Crippen LogP contribution in [-0.2, 0) is 6.54 Å². The average molecular weight is 387 g/mol. The van der Waals surface area contributed by atoms with Gasteiger partial charge in [0.05, 0.1) is 12.6 Å². The smallest absolute Gasteiger partial charge is 0.287 e. The van der Waals surface area contributed by atoms with Gasteiger partial charge in [0, 0.05) is 17.4 Å². The molecule has 0 bridgehead atoms. The number of rotatable bonds is 8. The molecule has 7 heteroatoms. The molecule has 27 heavy (non-hydrogen) atoms. The molecular formula is C20H23ClN4O2. The predicted octanol–water partition coefficient (Wildman–Crippen LogP) is 3.60. The third-order valence-electron chi connectivity index (χ3n) is 4.21. The van der Waals surface area contributed by atoms with Crippen LogP contribution in [0.1, 0.15) is 34.3 Å². The molecule has 3 rings (SSSR count). The lowest BCUT2D eigenvalue weighted by atomic mass is 10.0. The van der Waals surface area contributed by atoms with Crippen molar-refractivity contribution in [1.82, 2.24) is 20.0 Å². The molecule has 2 heterocycles. The highest BCUT2D eigenvalue weighted by Gasteiger charge is 2.18. The second-order valence-corrected chi connectivity index (χ2v) is 7.08. The number of aromatic nitrogens is 2. The molecule has 142 valence electrons. The van der Waals surface area contributed by atoms with Gasteiger partial charge in [0.25, 0.3) is 5.91 Å². The van der Waals surface area contributed by atoms with E-state index in [4.69, 9.17) is 16.0 Å². The average Bonchev–Trinajstić information content (AvgIpc) is 3.31. The van der Waals surface area contributed by atoms with Crippen molar-refractivity contribution in [2.45, 2.75) is 19.0 Å². The lowest BCUT2D eigenvalue weighted by molar-refractivity contribution is 0.0902. The molecule has 0 spiro atoms. The molecule has 0 saturated heterocycles. The minimum Gasteiger partial charge on any atom is -0.454 e. The van der Waals surface area contributed by atoms with Crippen molar-refractivity contribution in [3.63, 3.8) is 0 Å². The predicted molar refractivity (Wildman–Crippen MR) is 105 cm³/mol. The minimum absolute atomic E-state index is 0.128. The maximum absolute atomic E-state index is 12.7. The highest BCUT2D eigenvalue weighted by molar-refractivity contribution is 6.30. The number of hydrogen-bond donors (Lipinski definition) is 1. The van der Waals surface area contributed by atoms with E-state index in [0.29, 0.717) is 23.1 Å². The van der Waals surface area contributed by atoms with Crippen molar-refractivity contribution in [3.8, 4) is 0 Å². The van der Waals surface area contributed by atoms with Crippen LogP contribution in [-0.4, -0.2) is 41.2 Å². The number of carbonyl (C=O) groups excluding carboxylic acids is 1. The quantitative estimate of drug-likeness (QED) is 0.642. The van der Waals surface area contributed by atoms with E-state index in [2.05, 4.69) is 15.3 Å². The molecule has 1 amide bonds. The van der Waals surface area contributed by atoms with Gasteiger partial charge in [0.15, 0.2) is 5.76 Å². The molecule has 0 aliphatic carbocycles. The Labute approximate surface area is 163 Å². The largest absolute Gasteiger partial charge is 0.454 e. The monoisotopic (exact) mass is 386 g/mol. The van der Waals surface area contributed by atoms with Crippen LogP contribution in [0, 0.1) is 0 Å². The molecule has 0 saturated carbocycles. The summed E-state index contributed by atoms with van der Waals surface area (Å²) < 4.78 is 7.44. The molecule has 1 N–H and O–H groups in total. The van der Waals surface area contributed by atoms with Crippen LogP contribution in [0.5, 0.6) is 0 Å². The van der Waals surface area contributed by atoms with Gasteiger partial charge in [0.1, 0.15) is 5.76 Å². The Bertz CT molecular complexity index is 857. The normalized spacial score (nSPS) is 12.3. The van der Waals surface area contributed by atoms with Crippen molar-refractivity contribution in [1.29, 1.82) is 0 Å². The van der Waals surface area contributed by atoms with E-state index in [9.17, 15) is 4.79 Å². The maximum Gasteiger partial charge on any atom is 0.287 e. The summed E-state index contributed by atoms with van der Waals surface area (Å²) in [6.07, 6.45) is 4.33. The molecule has 0 radical (unpaired) electrons. The first-order valence-corrected chi connectivity index (χ1v) is 9.16. The van der Waals surface area contributed by atoms with Gasteiger partial charge in [-0.2, -0.15) is 5.10 Å². The number of nitrogens with zero attached hydrogens (tertiary/aromatic N) is 3. The van der Waals surface area contributed by atoms with Crippen molar-refractivity contribution in [3.05, 3.63) is 77.0 Å². The number of halogens is 1. The zero-order valence-corrected chi connectivity index (χ0v) is 16.2. The lowest BCUT2D eigenvalue weighted by Gasteiger charge is -2.21. The molecule has 2 aromatic heterocycles. The van der Waals surface area contributed by atoms with E-state index in [1.165, 1.54) is 0 Å². The van der Waals surface area contributed by atoms with Crippen LogP contribution in [0.15, 0.2) is 59.3 Å². The first-order valence-electron chi connectivity index (χ1n) is 8.78. The fourth-order valence-corrected chi connectivity index (χ4v) is 2.90. The number of carbonyl (C=O) groups is 1. The summed E-state index contributed by atoms with van der Waals surface area (Å²) in [6.45, 7) is 1.33. The molecule has 1 aromatic carbocycles. The van der Waals surface area contributed by atoms with Gasteiger partial charge < -0.3 is 14.6 Å². The number of amides is 1. The van der Waals surface area contributed by atoms with Gasteiger partial charge in [0.2, 0.25) is 0 Å². The van der Waals surface area contributed by atoms with Gasteiger partial charge in [-0.05, 0) is 63.0 Å². The van der Waals surface area contributed by atoms with Crippen molar-refractivity contribution in [2.75, 3.05) is 20.6 Å². The molecule has 3 aromatic rings.